The van der Waals surface area contributed by atoms with Crippen molar-refractivity contribution in [2.75, 3.05) is 13.2 Å². The number of allylic oxidation sites excluding steroid dienone is 5. The number of rotatable bonds is 35. The van der Waals surface area contributed by atoms with Crippen molar-refractivity contribution in [3.8, 4) is 0 Å². The van der Waals surface area contributed by atoms with E-state index in [4.69, 9.17) is 9.47 Å². The van der Waals surface area contributed by atoms with Crippen LogP contribution >= 0.6 is 0 Å². The molecule has 1 aliphatic rings. The van der Waals surface area contributed by atoms with Crippen LogP contribution in [0.2, 0.25) is 0 Å². The maximum Gasteiger partial charge on any atom is 0.220 e. The molecule has 0 aromatic heterocycles. The Morgan fingerprint density at radius 2 is 1.09 bits per heavy atom. The van der Waals surface area contributed by atoms with E-state index >= 15 is 0 Å². The van der Waals surface area contributed by atoms with E-state index in [9.17, 15) is 30.3 Å². The van der Waals surface area contributed by atoms with Gasteiger partial charge in [0.1, 0.15) is 24.4 Å². The highest BCUT2D eigenvalue weighted by atomic mass is 16.7. The smallest absolute Gasteiger partial charge is 0.220 e. The van der Waals surface area contributed by atoms with Gasteiger partial charge >= 0.3 is 0 Å². The van der Waals surface area contributed by atoms with Crippen molar-refractivity contribution in [3.63, 3.8) is 0 Å². The number of carbonyl (C=O) groups excluding carboxylic acids is 1. The molecule has 0 bridgehead atoms. The Bertz CT molecular complexity index is 925. The molecule has 1 saturated heterocycles. The number of ether oxygens (including phenoxy) is 2. The van der Waals surface area contributed by atoms with Gasteiger partial charge in [0.25, 0.3) is 0 Å². The molecule has 0 radical (unpaired) electrons. The van der Waals surface area contributed by atoms with Gasteiger partial charge in [-0.15, -0.1) is 0 Å². The van der Waals surface area contributed by atoms with Crippen LogP contribution in [-0.2, 0) is 14.3 Å². The van der Waals surface area contributed by atoms with Gasteiger partial charge in [-0.25, -0.2) is 0 Å². The van der Waals surface area contributed by atoms with Gasteiger partial charge in [0.05, 0.1) is 25.4 Å². The van der Waals surface area contributed by atoms with Crippen LogP contribution in [0.1, 0.15) is 181 Å². The molecule has 0 spiro atoms. The molecule has 0 aromatic rings. The van der Waals surface area contributed by atoms with Gasteiger partial charge in [-0.3, -0.25) is 4.79 Å². The first-order valence-electron chi connectivity index (χ1n) is 21.7. The van der Waals surface area contributed by atoms with Gasteiger partial charge in [0.2, 0.25) is 5.91 Å². The molecular weight excluding hydrogens is 670 g/mol. The molecule has 9 heteroatoms. The summed E-state index contributed by atoms with van der Waals surface area (Å²) in [4.78, 5) is 12.9. The zero-order chi connectivity index (χ0) is 38.8. The van der Waals surface area contributed by atoms with Crippen LogP contribution in [0.4, 0.5) is 0 Å². The minimum atomic E-state index is -1.57. The molecule has 6 N–H and O–H groups in total. The SMILES string of the molecule is CCCC/C=C\CCCCCCC(=O)NC(COC1OC(CO)C(O)C(O)C1O)C(O)/C=C/CC/C=C/CCCCCCCCCCCCCCCC. The summed E-state index contributed by atoms with van der Waals surface area (Å²) in [6.07, 6.45) is 34.9. The van der Waals surface area contributed by atoms with Gasteiger partial charge in [0.15, 0.2) is 6.29 Å². The molecule has 1 heterocycles. The Labute approximate surface area is 323 Å². The second-order valence-electron chi connectivity index (χ2n) is 15.1. The Kier molecular flexibility index (Phi) is 32.5. The first-order valence-corrected chi connectivity index (χ1v) is 21.7. The maximum absolute atomic E-state index is 12.9. The summed E-state index contributed by atoms with van der Waals surface area (Å²) < 4.78 is 11.2. The summed E-state index contributed by atoms with van der Waals surface area (Å²) >= 11 is 0. The quantitative estimate of drug-likeness (QED) is 0.0279. The fourth-order valence-electron chi connectivity index (χ4n) is 6.62. The Hall–Kier alpha value is -1.59. The number of aliphatic hydroxyl groups excluding tert-OH is 5. The standard InChI is InChI=1S/C44H81NO8/c1-3-5-7-9-11-13-15-16-17-18-19-20-21-22-23-24-25-27-29-31-33-38(47)37(36-52-44-43(51)42(50)41(49)39(35-46)53-44)45-40(48)34-32-30-28-26-14-12-10-8-6-4-2/h10,12,24-25,31,33,37-39,41-44,46-47,49-51H,3-9,11,13-23,26-30,32,34-36H2,1-2H3,(H,45,48)/b12-10-,25-24+,33-31+. The van der Waals surface area contributed by atoms with Crippen molar-refractivity contribution < 1.29 is 39.8 Å². The monoisotopic (exact) mass is 752 g/mol. The zero-order valence-corrected chi connectivity index (χ0v) is 33.8. The molecule has 53 heavy (non-hydrogen) atoms. The van der Waals surface area contributed by atoms with Crippen molar-refractivity contribution in [1.29, 1.82) is 0 Å². The van der Waals surface area contributed by atoms with Gasteiger partial charge in [0, 0.05) is 6.42 Å². The lowest BCUT2D eigenvalue weighted by Gasteiger charge is -2.40. The number of amides is 1. The Morgan fingerprint density at radius 3 is 1.64 bits per heavy atom. The molecule has 1 aliphatic heterocycles. The molecule has 0 aromatic carbocycles. The highest BCUT2D eigenvalue weighted by Gasteiger charge is 2.44. The first-order chi connectivity index (χ1) is 25.8. The second-order valence-corrected chi connectivity index (χ2v) is 15.1. The molecule has 1 amide bonds. The van der Waals surface area contributed by atoms with E-state index in [-0.39, 0.29) is 12.5 Å². The summed E-state index contributed by atoms with van der Waals surface area (Å²) in [5.41, 5.74) is 0. The predicted molar refractivity (Wildman–Crippen MR) is 216 cm³/mol. The zero-order valence-electron chi connectivity index (χ0n) is 33.8. The van der Waals surface area contributed by atoms with E-state index in [2.05, 4.69) is 43.5 Å². The normalized spacial score (nSPS) is 22.0. The molecule has 310 valence electrons. The van der Waals surface area contributed by atoms with Crippen molar-refractivity contribution in [2.45, 2.75) is 224 Å². The number of hydrogen-bond donors (Lipinski definition) is 6. The van der Waals surface area contributed by atoms with Gasteiger partial charge in [-0.1, -0.05) is 159 Å². The minimum absolute atomic E-state index is 0.203. The first kappa shape index (κ1) is 49.4. The van der Waals surface area contributed by atoms with E-state index in [0.717, 1.165) is 57.8 Å². The van der Waals surface area contributed by atoms with Crippen LogP contribution in [0.15, 0.2) is 36.5 Å². The van der Waals surface area contributed by atoms with Crippen LogP contribution < -0.4 is 5.32 Å². The second kappa shape index (κ2) is 34.9. The number of aliphatic hydroxyl groups is 5. The summed E-state index contributed by atoms with van der Waals surface area (Å²) in [7, 11) is 0. The molecule has 1 fully saturated rings. The highest BCUT2D eigenvalue weighted by Crippen LogP contribution is 2.22. The Balaban J connectivity index is 2.38. The molecule has 9 nitrogen and oxygen atoms in total. The van der Waals surface area contributed by atoms with E-state index in [0.29, 0.717) is 6.42 Å². The van der Waals surface area contributed by atoms with Crippen LogP contribution in [0, 0.1) is 0 Å². The molecule has 1 rings (SSSR count). The topological polar surface area (TPSA) is 149 Å². The lowest BCUT2D eigenvalue weighted by atomic mass is 9.99. The van der Waals surface area contributed by atoms with E-state index in [1.807, 2.05) is 6.08 Å². The minimum Gasteiger partial charge on any atom is -0.394 e. The summed E-state index contributed by atoms with van der Waals surface area (Å²) in [5.74, 6) is -0.203. The fraction of sp³-hybridized carbons (Fsp3) is 0.841. The summed E-state index contributed by atoms with van der Waals surface area (Å²) in [6, 6.07) is -0.824. The summed E-state index contributed by atoms with van der Waals surface area (Å²) in [5, 5.41) is 54.0. The van der Waals surface area contributed by atoms with Crippen LogP contribution in [0.3, 0.4) is 0 Å². The number of unbranched alkanes of at least 4 members (excludes halogenated alkanes) is 21. The lowest BCUT2D eigenvalue weighted by Crippen LogP contribution is -2.60. The van der Waals surface area contributed by atoms with Crippen molar-refractivity contribution in [2.24, 2.45) is 0 Å². The third kappa shape index (κ3) is 26.0. The average molecular weight is 752 g/mol. The molecular formula is C44H81NO8. The highest BCUT2D eigenvalue weighted by molar-refractivity contribution is 5.76. The molecule has 0 saturated carbocycles. The van der Waals surface area contributed by atoms with E-state index < -0.39 is 49.5 Å². The predicted octanol–water partition coefficient (Wildman–Crippen LogP) is 8.50. The average Bonchev–Trinajstić information content (AvgIpc) is 3.16. The Morgan fingerprint density at radius 1 is 0.623 bits per heavy atom. The molecule has 0 aliphatic carbocycles. The van der Waals surface area contributed by atoms with Crippen molar-refractivity contribution in [1.82, 2.24) is 5.32 Å². The molecule has 7 unspecified atom stereocenters. The van der Waals surface area contributed by atoms with Crippen molar-refractivity contribution in [3.05, 3.63) is 36.5 Å². The van der Waals surface area contributed by atoms with E-state index in [1.165, 1.54) is 103 Å². The molecule has 7 atom stereocenters. The van der Waals surface area contributed by atoms with Crippen molar-refractivity contribution >= 4 is 5.91 Å². The van der Waals surface area contributed by atoms with Gasteiger partial charge in [-0.2, -0.15) is 0 Å². The van der Waals surface area contributed by atoms with Gasteiger partial charge < -0.3 is 40.3 Å². The third-order valence-corrected chi connectivity index (χ3v) is 10.2. The fourth-order valence-corrected chi connectivity index (χ4v) is 6.62. The summed E-state index contributed by atoms with van der Waals surface area (Å²) in [6.45, 7) is 3.69. The third-order valence-electron chi connectivity index (χ3n) is 10.2. The van der Waals surface area contributed by atoms with Gasteiger partial charge in [-0.05, 0) is 51.4 Å². The maximum atomic E-state index is 12.9. The van der Waals surface area contributed by atoms with Crippen LogP contribution in [0.5, 0.6) is 0 Å². The lowest BCUT2D eigenvalue weighted by molar-refractivity contribution is -0.302. The number of nitrogens with one attached hydrogen (secondary N) is 1. The van der Waals surface area contributed by atoms with Crippen LogP contribution in [0.25, 0.3) is 0 Å². The van der Waals surface area contributed by atoms with E-state index in [1.54, 1.807) is 6.08 Å². The number of carbonyl (C=O) groups is 1. The van der Waals surface area contributed by atoms with Crippen LogP contribution in [-0.4, -0.2) is 87.5 Å². The largest absolute Gasteiger partial charge is 0.394 e. The number of hydrogen-bond acceptors (Lipinski definition) is 8.